The Labute approximate surface area is 126 Å². The van der Waals surface area contributed by atoms with E-state index < -0.39 is 0 Å². The molecule has 0 amide bonds. The first kappa shape index (κ1) is 15.9. The summed E-state index contributed by atoms with van der Waals surface area (Å²) >= 11 is 0. The van der Waals surface area contributed by atoms with Crippen molar-refractivity contribution >= 4 is 0 Å². The first-order chi connectivity index (χ1) is 9.81. The number of allylic oxidation sites excluding steroid dienone is 3. The minimum absolute atomic E-state index is 0.800. The van der Waals surface area contributed by atoms with Crippen LogP contribution in [0.1, 0.15) is 77.6 Å². The zero-order valence-electron chi connectivity index (χ0n) is 13.5. The Morgan fingerprint density at radius 1 is 0.800 bits per heavy atom. The molecule has 0 atom stereocenters. The smallest absolute Gasteiger partial charge is 0.0233 e. The fourth-order valence-electron chi connectivity index (χ4n) is 4.05. The van der Waals surface area contributed by atoms with Crippen LogP contribution < -0.4 is 0 Å². The summed E-state index contributed by atoms with van der Waals surface area (Å²) in [4.78, 5) is 0. The summed E-state index contributed by atoms with van der Waals surface area (Å²) in [6, 6.07) is 0. The van der Waals surface area contributed by atoms with E-state index in [4.69, 9.17) is 0 Å². The maximum Gasteiger partial charge on any atom is -0.0233 e. The van der Waals surface area contributed by atoms with Gasteiger partial charge in [-0.1, -0.05) is 44.4 Å². The summed E-state index contributed by atoms with van der Waals surface area (Å²) in [5.41, 5.74) is 0. The van der Waals surface area contributed by atoms with Gasteiger partial charge in [0, 0.05) is 0 Å². The zero-order chi connectivity index (χ0) is 14.2. The van der Waals surface area contributed by atoms with Crippen molar-refractivity contribution in [3.05, 3.63) is 24.8 Å². The van der Waals surface area contributed by atoms with E-state index in [0.29, 0.717) is 0 Å². The number of unbranched alkanes of at least 4 members (excludes halogenated alkanes) is 1. The highest BCUT2D eigenvalue weighted by atomic mass is 14.3. The third kappa shape index (κ3) is 5.11. The van der Waals surface area contributed by atoms with E-state index in [9.17, 15) is 0 Å². The lowest BCUT2D eigenvalue weighted by Gasteiger charge is -2.28. The summed E-state index contributed by atoms with van der Waals surface area (Å²) in [7, 11) is 0. The van der Waals surface area contributed by atoms with E-state index in [2.05, 4.69) is 31.7 Å². The van der Waals surface area contributed by atoms with Crippen molar-refractivity contribution in [2.75, 3.05) is 0 Å². The lowest BCUT2D eigenvalue weighted by atomic mass is 9.78. The summed E-state index contributed by atoms with van der Waals surface area (Å²) in [6.07, 6.45) is 23.0. The fraction of sp³-hybridized carbons (Fsp3) is 0.800. The van der Waals surface area contributed by atoms with E-state index >= 15 is 0 Å². The van der Waals surface area contributed by atoms with Crippen LogP contribution in [0.2, 0.25) is 0 Å². The molecule has 2 saturated carbocycles. The molecule has 0 aliphatic heterocycles. The maximum absolute atomic E-state index is 3.94. The topological polar surface area (TPSA) is 0 Å². The van der Waals surface area contributed by atoms with Crippen molar-refractivity contribution in [3.8, 4) is 0 Å². The molecule has 0 heterocycles. The van der Waals surface area contributed by atoms with Crippen LogP contribution in [0.25, 0.3) is 0 Å². The van der Waals surface area contributed by atoms with Crippen LogP contribution in [0.3, 0.4) is 0 Å². The van der Waals surface area contributed by atoms with E-state index in [-0.39, 0.29) is 0 Å². The molecule has 0 heteroatoms. The molecule has 2 rings (SSSR count). The molecule has 0 aromatic carbocycles. The van der Waals surface area contributed by atoms with Crippen molar-refractivity contribution in [1.29, 1.82) is 0 Å². The van der Waals surface area contributed by atoms with Crippen molar-refractivity contribution < 1.29 is 0 Å². The van der Waals surface area contributed by atoms with E-state index in [1.54, 1.807) is 0 Å². The summed E-state index contributed by atoms with van der Waals surface area (Å²) < 4.78 is 0. The standard InChI is InChI=1S/C20H34/c1-3-5-6-18-11-13-20(14-12-18)16-15-19-9-7-17(4-2)8-10-19/h4,15-20H,2-3,5-14H2,1H3/b16-15+. The lowest BCUT2D eigenvalue weighted by Crippen LogP contribution is -2.14. The van der Waals surface area contributed by atoms with Crippen LogP contribution in [0.5, 0.6) is 0 Å². The fourth-order valence-corrected chi connectivity index (χ4v) is 4.05. The minimum atomic E-state index is 0.800. The Kier molecular flexibility index (Phi) is 6.90. The van der Waals surface area contributed by atoms with Gasteiger partial charge in [-0.2, -0.15) is 0 Å². The van der Waals surface area contributed by atoms with Crippen LogP contribution in [0.4, 0.5) is 0 Å². The molecule has 0 spiro atoms. The molecule has 0 N–H and O–H groups in total. The molecule has 2 aliphatic rings. The molecule has 0 bridgehead atoms. The maximum atomic E-state index is 3.94. The van der Waals surface area contributed by atoms with Gasteiger partial charge in [-0.15, -0.1) is 6.58 Å². The largest absolute Gasteiger partial charge is 0.103 e. The first-order valence-corrected chi connectivity index (χ1v) is 9.12. The van der Waals surface area contributed by atoms with Crippen LogP contribution in [-0.2, 0) is 0 Å². The van der Waals surface area contributed by atoms with Crippen LogP contribution in [0, 0.1) is 23.7 Å². The van der Waals surface area contributed by atoms with E-state index in [1.165, 1.54) is 70.6 Å². The van der Waals surface area contributed by atoms with Gasteiger partial charge in [0.2, 0.25) is 0 Å². The van der Waals surface area contributed by atoms with Crippen LogP contribution in [-0.4, -0.2) is 0 Å². The van der Waals surface area contributed by atoms with Gasteiger partial charge in [0.05, 0.1) is 0 Å². The van der Waals surface area contributed by atoms with Crippen molar-refractivity contribution in [2.24, 2.45) is 23.7 Å². The number of rotatable bonds is 6. The summed E-state index contributed by atoms with van der Waals surface area (Å²) in [5.74, 6) is 3.60. The highest BCUT2D eigenvalue weighted by Crippen LogP contribution is 2.34. The first-order valence-electron chi connectivity index (χ1n) is 9.12. The molecule has 0 aromatic heterocycles. The highest BCUT2D eigenvalue weighted by molar-refractivity contribution is 4.97. The Morgan fingerprint density at radius 3 is 1.80 bits per heavy atom. The molecule has 0 unspecified atom stereocenters. The molecule has 0 radical (unpaired) electrons. The molecule has 0 saturated heterocycles. The monoisotopic (exact) mass is 274 g/mol. The Hall–Kier alpha value is -0.520. The number of hydrogen-bond donors (Lipinski definition) is 0. The lowest BCUT2D eigenvalue weighted by molar-refractivity contribution is 0.289. The molecule has 0 nitrogen and oxygen atoms in total. The van der Waals surface area contributed by atoms with Crippen LogP contribution in [0.15, 0.2) is 24.8 Å². The molecule has 0 aromatic rings. The van der Waals surface area contributed by atoms with Crippen molar-refractivity contribution in [1.82, 2.24) is 0 Å². The average molecular weight is 274 g/mol. The van der Waals surface area contributed by atoms with Gasteiger partial charge < -0.3 is 0 Å². The third-order valence-electron chi connectivity index (χ3n) is 5.66. The van der Waals surface area contributed by atoms with Gasteiger partial charge in [-0.25, -0.2) is 0 Å². The summed E-state index contributed by atoms with van der Waals surface area (Å²) in [6.45, 7) is 6.25. The third-order valence-corrected chi connectivity index (χ3v) is 5.66. The van der Waals surface area contributed by atoms with Crippen molar-refractivity contribution in [3.63, 3.8) is 0 Å². The Morgan fingerprint density at radius 2 is 1.30 bits per heavy atom. The van der Waals surface area contributed by atoms with Gasteiger partial charge in [0.25, 0.3) is 0 Å². The molecule has 20 heavy (non-hydrogen) atoms. The molecular weight excluding hydrogens is 240 g/mol. The van der Waals surface area contributed by atoms with E-state index in [1.807, 2.05) is 0 Å². The van der Waals surface area contributed by atoms with Gasteiger partial charge in [0.15, 0.2) is 0 Å². The van der Waals surface area contributed by atoms with Crippen LogP contribution >= 0.6 is 0 Å². The summed E-state index contributed by atoms with van der Waals surface area (Å²) in [5, 5.41) is 0. The SMILES string of the molecule is C=CC1CCC(/C=C/C2CCC(CCCC)CC2)CC1. The zero-order valence-corrected chi connectivity index (χ0v) is 13.5. The number of hydrogen-bond acceptors (Lipinski definition) is 0. The highest BCUT2D eigenvalue weighted by Gasteiger charge is 2.20. The normalized spacial score (nSPS) is 35.2. The van der Waals surface area contributed by atoms with Gasteiger partial charge >= 0.3 is 0 Å². The predicted molar refractivity (Wildman–Crippen MR) is 89.8 cm³/mol. The van der Waals surface area contributed by atoms with Gasteiger partial charge in [-0.3, -0.25) is 0 Å². The van der Waals surface area contributed by atoms with E-state index in [0.717, 1.165) is 23.7 Å². The second-order valence-electron chi connectivity index (χ2n) is 7.22. The Bertz CT molecular complexity index is 285. The molecule has 114 valence electrons. The van der Waals surface area contributed by atoms with Crippen molar-refractivity contribution in [2.45, 2.75) is 77.6 Å². The average Bonchev–Trinajstić information content (AvgIpc) is 2.52. The Balaban J connectivity index is 1.65. The predicted octanol–water partition coefficient (Wildman–Crippen LogP) is 6.53. The molecule has 2 fully saturated rings. The second-order valence-corrected chi connectivity index (χ2v) is 7.22. The molecular formula is C20H34. The quantitative estimate of drug-likeness (QED) is 0.483. The van der Waals surface area contributed by atoms with Gasteiger partial charge in [0.1, 0.15) is 0 Å². The second kappa shape index (κ2) is 8.70. The molecule has 2 aliphatic carbocycles. The minimum Gasteiger partial charge on any atom is -0.103 e. The van der Waals surface area contributed by atoms with Gasteiger partial charge in [-0.05, 0) is 75.0 Å².